The summed E-state index contributed by atoms with van der Waals surface area (Å²) < 4.78 is 37.9. The maximum absolute atomic E-state index is 7.59. The zero-order valence-electron chi connectivity index (χ0n) is 57.3. The number of aryl methyl sites for hydroxylation is 5. The van der Waals surface area contributed by atoms with E-state index in [4.69, 9.17) is 6.85 Å². The van der Waals surface area contributed by atoms with Crippen molar-refractivity contribution in [3.8, 4) is 0 Å². The fraction of sp³-hybridized carbons (Fsp3) is 0.0549. The van der Waals surface area contributed by atoms with Gasteiger partial charge in [-0.3, -0.25) is 19.9 Å². The molecule has 0 saturated heterocycles. The van der Waals surface area contributed by atoms with E-state index in [2.05, 4.69) is 257 Å². The second kappa shape index (κ2) is 24.6. The van der Waals surface area contributed by atoms with E-state index in [1.165, 1.54) is 140 Å². The highest BCUT2D eigenvalue weighted by molar-refractivity contribution is 6.29. The van der Waals surface area contributed by atoms with Gasteiger partial charge in [0.15, 0.2) is 0 Å². The summed E-state index contributed by atoms with van der Waals surface area (Å²) in [7, 11) is 0. The van der Waals surface area contributed by atoms with Crippen LogP contribution in [0.3, 0.4) is 0 Å². The van der Waals surface area contributed by atoms with E-state index in [1.807, 2.05) is 73.6 Å². The van der Waals surface area contributed by atoms with Crippen molar-refractivity contribution in [3.05, 3.63) is 338 Å². The van der Waals surface area contributed by atoms with Gasteiger partial charge in [0.25, 0.3) is 0 Å². The number of rotatable bonds is 0. The van der Waals surface area contributed by atoms with Crippen LogP contribution < -0.4 is 0 Å². The third-order valence-corrected chi connectivity index (χ3v) is 18.5. The first kappa shape index (κ1) is 52.6. The molecule has 0 aliphatic heterocycles. The van der Waals surface area contributed by atoms with Crippen LogP contribution in [0.25, 0.3) is 162 Å². The number of nitrogens with zero attached hydrogens (tertiary/aromatic N) is 4. The Morgan fingerprint density at radius 3 is 0.695 bits per heavy atom. The molecule has 4 heterocycles. The lowest BCUT2D eigenvalue weighted by molar-refractivity contribution is 1.37. The van der Waals surface area contributed by atoms with Gasteiger partial charge < -0.3 is 0 Å². The van der Waals surface area contributed by atoms with Crippen LogP contribution in [0, 0.1) is 34.5 Å². The molecule has 0 spiro atoms. The number of hydrogen-bond acceptors (Lipinski definition) is 4. The van der Waals surface area contributed by atoms with E-state index >= 15 is 0 Å². The first-order valence-corrected chi connectivity index (χ1v) is 31.9. The van der Waals surface area contributed by atoms with Crippen molar-refractivity contribution in [1.82, 2.24) is 19.9 Å². The maximum Gasteiger partial charge on any atom is 0.0786 e. The molecule has 0 fully saturated rings. The molecule has 0 aliphatic carbocycles. The van der Waals surface area contributed by atoms with Gasteiger partial charge in [-0.15, -0.1) is 0 Å². The molecular weight excluding hydrogens is 1150 g/mol. The summed E-state index contributed by atoms with van der Waals surface area (Å²) in [5, 5.41) is 34.4. The van der Waals surface area contributed by atoms with E-state index in [1.54, 1.807) is 0 Å². The van der Waals surface area contributed by atoms with Gasteiger partial charge in [0.05, 0.1) is 11.0 Å². The summed E-state index contributed by atoms with van der Waals surface area (Å²) in [4.78, 5) is 17.7. The van der Waals surface area contributed by atoms with Crippen molar-refractivity contribution in [2.24, 2.45) is 0 Å². The minimum Gasteiger partial charge on any atom is -0.264 e. The van der Waals surface area contributed by atoms with Crippen molar-refractivity contribution in [1.29, 1.82) is 0 Å². The molecule has 0 saturated carbocycles. The van der Waals surface area contributed by atoms with E-state index < -0.39 is 0 Å². The van der Waals surface area contributed by atoms with Crippen molar-refractivity contribution >= 4 is 162 Å². The molecule has 450 valence electrons. The maximum atomic E-state index is 7.59. The van der Waals surface area contributed by atoms with Gasteiger partial charge in [0.1, 0.15) is 0 Å². The van der Waals surface area contributed by atoms with Crippen molar-refractivity contribution in [2.75, 3.05) is 0 Å². The highest BCUT2D eigenvalue weighted by Crippen LogP contribution is 2.40. The Kier molecular flexibility index (Phi) is 13.6. The lowest BCUT2D eigenvalue weighted by atomic mass is 9.93. The first-order valence-electron chi connectivity index (χ1n) is 35.4. The van der Waals surface area contributed by atoms with E-state index in [-0.39, 0.29) is 0 Å². The van der Waals surface area contributed by atoms with E-state index in [9.17, 15) is 0 Å². The number of pyridine rings is 4. The molecule has 0 radical (unpaired) electrons. The monoisotopic (exact) mass is 1220 g/mol. The molecular formula is C91H66N4. The van der Waals surface area contributed by atoms with Crippen molar-refractivity contribution < 1.29 is 6.85 Å². The van der Waals surface area contributed by atoms with Gasteiger partial charge >= 0.3 is 0 Å². The summed E-state index contributed by atoms with van der Waals surface area (Å²) >= 11 is 0. The SMILES string of the molecule is [2H]Cc1ccc2c(c1)c1ccccc1c1cccnc12.[2H]Cc1ccc2c3ccccc3c3ccccc3c2c1.[2H]Cc1ccc2c3ccccc3c3ncccc3c2c1.[2H]Cc1ccc2c3ccncc3c3ccccc3c2c1.[2H]Cc1ccc2c3cnccc3c3ccccc3c2c1. The Hall–Kier alpha value is -12.0. The molecule has 0 N–H and O–H groups in total. The molecule has 4 heteroatoms. The van der Waals surface area contributed by atoms with Crippen LogP contribution in [0.4, 0.5) is 0 Å². The van der Waals surface area contributed by atoms with Gasteiger partial charge in [-0.25, -0.2) is 0 Å². The Morgan fingerprint density at radius 2 is 0.379 bits per heavy atom. The second-order valence-corrected chi connectivity index (χ2v) is 24.3. The number of aromatic nitrogens is 4. The molecule has 0 unspecified atom stereocenters. The van der Waals surface area contributed by atoms with E-state index in [0.29, 0.717) is 34.5 Å². The Balaban J connectivity index is 0.0000000972. The Bertz CT molecular complexity index is 5460. The molecule has 0 bridgehead atoms. The molecule has 0 amide bonds. The van der Waals surface area contributed by atoms with Crippen LogP contribution in [0.2, 0.25) is 0 Å². The average molecular weight is 1220 g/mol. The normalized spacial score (nSPS) is 12.1. The quantitative estimate of drug-likeness (QED) is 0.142. The molecule has 4 nitrogen and oxygen atoms in total. The third kappa shape index (κ3) is 10.6. The van der Waals surface area contributed by atoms with Crippen LogP contribution in [-0.2, 0) is 0 Å². The largest absolute Gasteiger partial charge is 0.264 e. The van der Waals surface area contributed by atoms with Crippen molar-refractivity contribution in [3.63, 3.8) is 0 Å². The Morgan fingerprint density at radius 1 is 0.179 bits per heavy atom. The topological polar surface area (TPSA) is 51.6 Å². The van der Waals surface area contributed by atoms with Crippen LogP contribution in [0.1, 0.15) is 34.7 Å². The Labute approximate surface area is 558 Å². The first-order chi connectivity index (χ1) is 49.4. The van der Waals surface area contributed by atoms with Gasteiger partial charge in [-0.2, -0.15) is 0 Å². The summed E-state index contributed by atoms with van der Waals surface area (Å²) in [6.07, 6.45) is 11.2. The molecule has 16 aromatic carbocycles. The zero-order chi connectivity index (χ0) is 67.6. The van der Waals surface area contributed by atoms with Gasteiger partial charge in [-0.1, -0.05) is 277 Å². The molecule has 0 atom stereocenters. The molecule has 0 aliphatic rings. The van der Waals surface area contributed by atoms with Crippen LogP contribution in [-0.4, -0.2) is 19.9 Å². The molecule has 95 heavy (non-hydrogen) atoms. The average Bonchev–Trinajstić information content (AvgIpc) is 0.783. The minimum absolute atomic E-state index is 0.310. The minimum atomic E-state index is 0.310. The van der Waals surface area contributed by atoms with Crippen molar-refractivity contribution in [2.45, 2.75) is 34.5 Å². The lowest BCUT2D eigenvalue weighted by Crippen LogP contribution is -1.86. The summed E-state index contributed by atoms with van der Waals surface area (Å²) in [5.74, 6) is 0. The smallest absolute Gasteiger partial charge is 0.0786 e. The summed E-state index contributed by atoms with van der Waals surface area (Å²) in [5.41, 5.74) is 7.33. The van der Waals surface area contributed by atoms with Gasteiger partial charge in [-0.05, 0) is 177 Å². The van der Waals surface area contributed by atoms with Crippen LogP contribution in [0.15, 0.2) is 310 Å². The second-order valence-electron chi connectivity index (χ2n) is 24.3. The van der Waals surface area contributed by atoms with Crippen LogP contribution in [0.5, 0.6) is 0 Å². The molecule has 20 aromatic rings. The highest BCUT2D eigenvalue weighted by Gasteiger charge is 2.14. The fourth-order valence-corrected chi connectivity index (χ4v) is 14.3. The lowest BCUT2D eigenvalue weighted by Gasteiger charge is -2.10. The predicted octanol–water partition coefficient (Wildman–Crippen LogP) is 24.9. The molecule has 4 aromatic heterocycles. The van der Waals surface area contributed by atoms with E-state index in [0.717, 1.165) is 49.6 Å². The van der Waals surface area contributed by atoms with Gasteiger partial charge in [0.2, 0.25) is 0 Å². The molecule has 20 rings (SSSR count). The standard InChI is InChI=1S/C19H14.4C18H13N/c1-13-10-11-18-16-8-3-2-6-14(16)15-7-4-5-9-17(15)19(18)12-13;1-12-8-9-14-13-5-2-3-6-15(13)18-16(17(14)11-12)7-4-10-19-18;1-12-8-9-16-17(11-12)14-6-3-2-5-13(14)15-7-4-10-19-18(15)16;1-12-6-7-15-16-8-9-19-11-18(16)14-5-3-2-4-13(14)17(15)10-12;1-12-6-7-15-17(10-12)14-5-3-2-4-13(14)16-8-9-19-11-18(15)16/h2-12H,1H3;4*2-11H,1H3/i5*1D. The third-order valence-electron chi connectivity index (χ3n) is 18.5. The summed E-state index contributed by atoms with van der Waals surface area (Å²) in [6.45, 7) is 1.58. The summed E-state index contributed by atoms with van der Waals surface area (Å²) in [6, 6.07) is 94.7. The number of fused-ring (bicyclic) bond motifs is 30. The van der Waals surface area contributed by atoms with Gasteiger partial charge in [0, 0.05) is 76.4 Å². The number of benzene rings is 16. The number of hydrogen-bond donors (Lipinski definition) is 0. The predicted molar refractivity (Wildman–Crippen MR) is 410 cm³/mol. The highest BCUT2D eigenvalue weighted by atomic mass is 14.7. The fourth-order valence-electron chi connectivity index (χ4n) is 14.3. The van der Waals surface area contributed by atoms with Crippen LogP contribution >= 0.6 is 0 Å². The zero-order valence-corrected chi connectivity index (χ0v) is 52.3.